The minimum atomic E-state index is 0.506. The first kappa shape index (κ1) is 9.41. The summed E-state index contributed by atoms with van der Waals surface area (Å²) in [4.78, 5) is 2.17. The normalized spacial score (nSPS) is 11.4. The molecule has 68 valence electrons. The van der Waals surface area contributed by atoms with Gasteiger partial charge in [0.05, 0.1) is 11.7 Å². The fourth-order valence-corrected chi connectivity index (χ4v) is 1.23. The van der Waals surface area contributed by atoms with Gasteiger partial charge in [-0.3, -0.25) is 4.90 Å². The predicted molar refractivity (Wildman–Crippen MR) is 50.9 cm³/mol. The van der Waals surface area contributed by atoms with Crippen molar-refractivity contribution in [3.63, 3.8) is 0 Å². The molecule has 1 aromatic heterocycles. The Balaban J connectivity index is 2.58. The van der Waals surface area contributed by atoms with Crippen LogP contribution in [0.1, 0.15) is 19.5 Å². The molecule has 0 radical (unpaired) electrons. The van der Waals surface area contributed by atoms with E-state index in [0.717, 1.165) is 12.2 Å². The van der Waals surface area contributed by atoms with E-state index in [4.69, 9.17) is 5.73 Å². The molecular weight excluding hydrogens is 172 g/mol. The number of hydrogen-bond acceptors (Lipinski definition) is 5. The molecule has 1 rings (SSSR count). The van der Waals surface area contributed by atoms with Crippen molar-refractivity contribution >= 4 is 17.5 Å². The maximum Gasteiger partial charge on any atom is 0.162 e. The molecule has 0 amide bonds. The van der Waals surface area contributed by atoms with Crippen molar-refractivity contribution in [3.05, 3.63) is 5.69 Å². The summed E-state index contributed by atoms with van der Waals surface area (Å²) in [5.41, 5.74) is 6.48. The summed E-state index contributed by atoms with van der Waals surface area (Å²) in [5.74, 6) is 0.563. The summed E-state index contributed by atoms with van der Waals surface area (Å²) >= 11 is 1.17. The third-order valence-electron chi connectivity index (χ3n) is 1.87. The number of nitrogens with zero attached hydrogens (tertiary/aromatic N) is 3. The first-order chi connectivity index (χ1) is 5.61. The van der Waals surface area contributed by atoms with E-state index in [-0.39, 0.29) is 0 Å². The average molecular weight is 186 g/mol. The van der Waals surface area contributed by atoms with Gasteiger partial charge in [0.2, 0.25) is 0 Å². The van der Waals surface area contributed by atoms with Gasteiger partial charge in [0, 0.05) is 12.6 Å². The SMILES string of the molecule is CC(C)N(C)Cc1nsnc1N. The molecule has 0 aliphatic heterocycles. The third-order valence-corrected chi connectivity index (χ3v) is 2.45. The van der Waals surface area contributed by atoms with Crippen molar-refractivity contribution in [2.45, 2.75) is 26.4 Å². The monoisotopic (exact) mass is 186 g/mol. The molecule has 0 aromatic carbocycles. The van der Waals surface area contributed by atoms with Crippen LogP contribution >= 0.6 is 11.7 Å². The van der Waals surface area contributed by atoms with Crippen molar-refractivity contribution < 1.29 is 0 Å². The van der Waals surface area contributed by atoms with Crippen LogP contribution in [0.15, 0.2) is 0 Å². The van der Waals surface area contributed by atoms with Crippen LogP contribution in [-0.2, 0) is 6.54 Å². The lowest BCUT2D eigenvalue weighted by atomic mass is 10.3. The topological polar surface area (TPSA) is 55.0 Å². The third kappa shape index (κ3) is 2.15. The van der Waals surface area contributed by atoms with Crippen molar-refractivity contribution in [1.82, 2.24) is 13.6 Å². The van der Waals surface area contributed by atoms with E-state index in [0.29, 0.717) is 11.9 Å². The number of nitrogens with two attached hydrogens (primary N) is 1. The van der Waals surface area contributed by atoms with Crippen LogP contribution in [0.2, 0.25) is 0 Å². The highest BCUT2D eigenvalue weighted by Crippen LogP contribution is 2.10. The molecule has 0 fully saturated rings. The highest BCUT2D eigenvalue weighted by molar-refractivity contribution is 6.99. The summed E-state index contributed by atoms with van der Waals surface area (Å²) in [6, 6.07) is 0.506. The van der Waals surface area contributed by atoms with Gasteiger partial charge in [0.25, 0.3) is 0 Å². The first-order valence-electron chi connectivity index (χ1n) is 3.88. The van der Waals surface area contributed by atoms with Gasteiger partial charge in [0.1, 0.15) is 5.69 Å². The smallest absolute Gasteiger partial charge is 0.162 e. The number of aromatic nitrogens is 2. The van der Waals surface area contributed by atoms with Crippen LogP contribution in [-0.4, -0.2) is 26.7 Å². The molecule has 2 N–H and O–H groups in total. The summed E-state index contributed by atoms with van der Waals surface area (Å²) in [7, 11) is 2.05. The van der Waals surface area contributed by atoms with Crippen LogP contribution < -0.4 is 5.73 Å². The lowest BCUT2D eigenvalue weighted by molar-refractivity contribution is 0.264. The van der Waals surface area contributed by atoms with Gasteiger partial charge in [-0.2, -0.15) is 8.75 Å². The predicted octanol–water partition coefficient (Wildman–Crippen LogP) is 0.961. The average Bonchev–Trinajstić information content (AvgIpc) is 2.36. The number of hydrogen-bond donors (Lipinski definition) is 1. The molecule has 5 heteroatoms. The molecular formula is C7H14N4S. The van der Waals surface area contributed by atoms with E-state index in [9.17, 15) is 0 Å². The summed E-state index contributed by atoms with van der Waals surface area (Å²) < 4.78 is 8.01. The minimum Gasteiger partial charge on any atom is -0.381 e. The molecule has 0 saturated heterocycles. The van der Waals surface area contributed by atoms with Gasteiger partial charge in [-0.25, -0.2) is 0 Å². The highest BCUT2D eigenvalue weighted by atomic mass is 32.1. The molecule has 0 bridgehead atoms. The Morgan fingerprint density at radius 3 is 2.58 bits per heavy atom. The number of anilines is 1. The molecule has 1 aromatic rings. The molecule has 0 unspecified atom stereocenters. The Kier molecular flexibility index (Phi) is 2.99. The number of nitrogen functional groups attached to an aromatic ring is 1. The Labute approximate surface area is 76.7 Å². The van der Waals surface area contributed by atoms with Crippen molar-refractivity contribution in [3.8, 4) is 0 Å². The zero-order valence-electron chi connectivity index (χ0n) is 7.61. The maximum atomic E-state index is 5.60. The Bertz CT molecular complexity index is 245. The Morgan fingerprint density at radius 1 is 1.50 bits per heavy atom. The summed E-state index contributed by atoms with van der Waals surface area (Å²) in [6.45, 7) is 5.05. The maximum absolute atomic E-state index is 5.60. The second-order valence-corrected chi connectivity index (χ2v) is 3.63. The van der Waals surface area contributed by atoms with E-state index in [2.05, 4.69) is 27.5 Å². The first-order valence-corrected chi connectivity index (χ1v) is 4.61. The van der Waals surface area contributed by atoms with Crippen LogP contribution in [0.25, 0.3) is 0 Å². The lowest BCUT2D eigenvalue weighted by Gasteiger charge is -2.19. The van der Waals surface area contributed by atoms with Crippen LogP contribution in [0.4, 0.5) is 5.82 Å². The van der Waals surface area contributed by atoms with E-state index in [1.165, 1.54) is 11.7 Å². The molecule has 0 atom stereocenters. The molecule has 12 heavy (non-hydrogen) atoms. The molecule has 1 heterocycles. The van der Waals surface area contributed by atoms with Crippen molar-refractivity contribution in [1.29, 1.82) is 0 Å². The van der Waals surface area contributed by atoms with E-state index >= 15 is 0 Å². The second-order valence-electron chi connectivity index (χ2n) is 3.11. The Morgan fingerprint density at radius 2 is 2.17 bits per heavy atom. The standard InChI is InChI=1S/C7H14N4S/c1-5(2)11(3)4-6-7(8)10-12-9-6/h5H,4H2,1-3H3,(H2,8,10). The fourth-order valence-electron chi connectivity index (χ4n) is 0.742. The second kappa shape index (κ2) is 3.82. The quantitative estimate of drug-likeness (QED) is 0.764. The summed E-state index contributed by atoms with van der Waals surface area (Å²) in [6.07, 6.45) is 0. The van der Waals surface area contributed by atoms with Crippen LogP contribution in [0, 0.1) is 0 Å². The van der Waals surface area contributed by atoms with Gasteiger partial charge >= 0.3 is 0 Å². The summed E-state index contributed by atoms with van der Waals surface area (Å²) in [5, 5.41) is 0. The zero-order valence-corrected chi connectivity index (χ0v) is 8.43. The zero-order chi connectivity index (χ0) is 9.14. The molecule has 0 spiro atoms. The lowest BCUT2D eigenvalue weighted by Crippen LogP contribution is -2.26. The van der Waals surface area contributed by atoms with Crippen molar-refractivity contribution in [2.75, 3.05) is 12.8 Å². The van der Waals surface area contributed by atoms with E-state index < -0.39 is 0 Å². The molecule has 4 nitrogen and oxygen atoms in total. The van der Waals surface area contributed by atoms with Gasteiger partial charge in [0.15, 0.2) is 5.82 Å². The molecule has 0 aliphatic carbocycles. The highest BCUT2D eigenvalue weighted by Gasteiger charge is 2.09. The van der Waals surface area contributed by atoms with Gasteiger partial charge < -0.3 is 5.73 Å². The Hall–Kier alpha value is -0.680. The largest absolute Gasteiger partial charge is 0.381 e. The number of rotatable bonds is 3. The van der Waals surface area contributed by atoms with Crippen LogP contribution in [0.5, 0.6) is 0 Å². The minimum absolute atomic E-state index is 0.506. The van der Waals surface area contributed by atoms with Gasteiger partial charge in [-0.05, 0) is 20.9 Å². The van der Waals surface area contributed by atoms with Crippen molar-refractivity contribution in [2.24, 2.45) is 0 Å². The van der Waals surface area contributed by atoms with Crippen LogP contribution in [0.3, 0.4) is 0 Å². The van der Waals surface area contributed by atoms with Gasteiger partial charge in [-0.1, -0.05) is 0 Å². The van der Waals surface area contributed by atoms with E-state index in [1.807, 2.05) is 7.05 Å². The van der Waals surface area contributed by atoms with Gasteiger partial charge in [-0.15, -0.1) is 0 Å². The van der Waals surface area contributed by atoms with E-state index in [1.54, 1.807) is 0 Å². The fraction of sp³-hybridized carbons (Fsp3) is 0.714. The molecule has 0 saturated carbocycles. The molecule has 0 aliphatic rings.